The maximum absolute atomic E-state index is 12.9. The summed E-state index contributed by atoms with van der Waals surface area (Å²) in [7, 11) is 1.62. The van der Waals surface area contributed by atoms with Gasteiger partial charge in [0.05, 0.1) is 18.4 Å². The third kappa shape index (κ3) is 3.77. The Hall–Kier alpha value is -3.09. The van der Waals surface area contributed by atoms with Crippen LogP contribution in [0.1, 0.15) is 30.0 Å². The van der Waals surface area contributed by atoms with E-state index in [0.29, 0.717) is 18.1 Å². The fourth-order valence-electron chi connectivity index (χ4n) is 3.89. The highest BCUT2D eigenvalue weighted by Crippen LogP contribution is 2.33. The molecule has 1 amide bonds. The molecule has 0 bridgehead atoms. The summed E-state index contributed by atoms with van der Waals surface area (Å²) in [5.74, 6) is 3.01. The predicted molar refractivity (Wildman–Crippen MR) is 113 cm³/mol. The Kier molecular flexibility index (Phi) is 5.13. The van der Waals surface area contributed by atoms with Gasteiger partial charge in [-0.15, -0.1) is 0 Å². The lowest BCUT2D eigenvalue weighted by atomic mass is 9.96. The average Bonchev–Trinajstić information content (AvgIpc) is 3.01. The second kappa shape index (κ2) is 7.73. The molecule has 1 atom stereocenters. The Labute approximate surface area is 170 Å². The second-order valence-corrected chi connectivity index (χ2v) is 7.56. The lowest BCUT2D eigenvalue weighted by Gasteiger charge is -2.33. The van der Waals surface area contributed by atoms with Crippen LogP contribution in [0.2, 0.25) is 0 Å². The number of nitrogens with one attached hydrogen (secondary N) is 1. The first-order valence-electron chi connectivity index (χ1n) is 9.90. The minimum Gasteiger partial charge on any atom is -0.497 e. The molecule has 2 aromatic heterocycles. The summed E-state index contributed by atoms with van der Waals surface area (Å²) in [6, 6.07) is 7.42. The number of aryl methyl sites for hydroxylation is 3. The molecule has 0 saturated carbocycles. The number of hydrogen-bond acceptors (Lipinski definition) is 6. The minimum absolute atomic E-state index is 0.0186. The van der Waals surface area contributed by atoms with Gasteiger partial charge in [-0.2, -0.15) is 4.98 Å². The van der Waals surface area contributed by atoms with Gasteiger partial charge < -0.3 is 19.4 Å². The SMILES string of the molecule is COc1cccc(NC(=O)[C@@H]2CCCN(c3nc(C)nc4oc(C)c(C)c34)C2)c1. The molecular weight excluding hydrogens is 368 g/mol. The van der Waals surface area contributed by atoms with Crippen LogP contribution in [0.4, 0.5) is 11.5 Å². The predicted octanol–water partition coefficient (Wildman–Crippen LogP) is 4.01. The molecule has 3 heterocycles. The zero-order chi connectivity index (χ0) is 20.5. The Morgan fingerprint density at radius 2 is 2.10 bits per heavy atom. The minimum atomic E-state index is -0.117. The lowest BCUT2D eigenvalue weighted by Crippen LogP contribution is -2.41. The van der Waals surface area contributed by atoms with E-state index in [2.05, 4.69) is 15.2 Å². The second-order valence-electron chi connectivity index (χ2n) is 7.56. The molecule has 1 aliphatic rings. The van der Waals surface area contributed by atoms with E-state index in [4.69, 9.17) is 14.1 Å². The third-order valence-corrected chi connectivity index (χ3v) is 5.55. The van der Waals surface area contributed by atoms with Crippen LogP contribution in [-0.2, 0) is 4.79 Å². The fraction of sp³-hybridized carbons (Fsp3) is 0.409. The van der Waals surface area contributed by atoms with Crippen molar-refractivity contribution in [1.82, 2.24) is 9.97 Å². The number of carbonyl (C=O) groups excluding carboxylic acids is 1. The van der Waals surface area contributed by atoms with Gasteiger partial charge in [0.15, 0.2) is 0 Å². The van der Waals surface area contributed by atoms with Crippen molar-refractivity contribution >= 4 is 28.5 Å². The van der Waals surface area contributed by atoms with E-state index in [1.54, 1.807) is 7.11 Å². The number of nitrogens with zero attached hydrogens (tertiary/aromatic N) is 3. The molecule has 29 heavy (non-hydrogen) atoms. The summed E-state index contributed by atoms with van der Waals surface area (Å²) < 4.78 is 11.1. The summed E-state index contributed by atoms with van der Waals surface area (Å²) in [5.41, 5.74) is 2.41. The van der Waals surface area contributed by atoms with Crippen LogP contribution in [0.3, 0.4) is 0 Å². The summed E-state index contributed by atoms with van der Waals surface area (Å²) in [6.07, 6.45) is 1.78. The van der Waals surface area contributed by atoms with Crippen molar-refractivity contribution in [3.63, 3.8) is 0 Å². The van der Waals surface area contributed by atoms with E-state index in [0.717, 1.165) is 53.4 Å². The maximum Gasteiger partial charge on any atom is 0.231 e. The number of piperidine rings is 1. The molecule has 1 fully saturated rings. The number of hydrogen-bond donors (Lipinski definition) is 1. The van der Waals surface area contributed by atoms with Crippen molar-refractivity contribution < 1.29 is 13.9 Å². The number of carbonyl (C=O) groups is 1. The molecule has 4 rings (SSSR count). The summed E-state index contributed by atoms with van der Waals surface area (Å²) in [5, 5.41) is 3.97. The van der Waals surface area contributed by atoms with Gasteiger partial charge in [-0.25, -0.2) is 4.98 Å². The third-order valence-electron chi connectivity index (χ3n) is 5.55. The van der Waals surface area contributed by atoms with Crippen molar-refractivity contribution in [3.8, 4) is 5.75 Å². The number of aromatic nitrogens is 2. The molecule has 1 N–H and O–H groups in total. The molecule has 1 aliphatic heterocycles. The first-order chi connectivity index (χ1) is 14.0. The van der Waals surface area contributed by atoms with Crippen molar-refractivity contribution in [3.05, 3.63) is 41.4 Å². The monoisotopic (exact) mass is 394 g/mol. The van der Waals surface area contributed by atoms with Gasteiger partial charge in [0.2, 0.25) is 11.6 Å². The molecule has 7 heteroatoms. The normalized spacial score (nSPS) is 16.8. The van der Waals surface area contributed by atoms with Crippen LogP contribution >= 0.6 is 0 Å². The first kappa shape index (κ1) is 19.2. The number of methoxy groups -OCH3 is 1. The quantitative estimate of drug-likeness (QED) is 0.720. The molecule has 0 unspecified atom stereocenters. The van der Waals surface area contributed by atoms with E-state index in [1.165, 1.54) is 0 Å². The van der Waals surface area contributed by atoms with Crippen molar-refractivity contribution in [2.45, 2.75) is 33.6 Å². The van der Waals surface area contributed by atoms with Gasteiger partial charge in [-0.05, 0) is 45.7 Å². The highest BCUT2D eigenvalue weighted by molar-refractivity contribution is 5.94. The average molecular weight is 394 g/mol. The summed E-state index contributed by atoms with van der Waals surface area (Å²) >= 11 is 0. The van der Waals surface area contributed by atoms with Crippen LogP contribution in [0, 0.1) is 26.7 Å². The molecule has 3 aromatic rings. The van der Waals surface area contributed by atoms with Crippen molar-refractivity contribution in [2.24, 2.45) is 5.92 Å². The number of amides is 1. The Balaban J connectivity index is 1.57. The number of ether oxygens (including phenoxy) is 1. The van der Waals surface area contributed by atoms with Gasteiger partial charge in [-0.1, -0.05) is 6.07 Å². The van der Waals surface area contributed by atoms with Gasteiger partial charge in [0, 0.05) is 30.4 Å². The summed E-state index contributed by atoms with van der Waals surface area (Å²) in [4.78, 5) is 24.3. The largest absolute Gasteiger partial charge is 0.497 e. The standard InChI is InChI=1S/C22H26N4O3/c1-13-14(2)29-22-19(13)20(23-15(3)24-22)26-10-6-7-16(12-26)21(27)25-17-8-5-9-18(11-17)28-4/h5,8-9,11,16H,6-7,10,12H2,1-4H3,(H,25,27)/t16-/m1/s1. The zero-order valence-electron chi connectivity index (χ0n) is 17.3. The Morgan fingerprint density at radius 3 is 2.90 bits per heavy atom. The van der Waals surface area contributed by atoms with Crippen LogP contribution < -0.4 is 15.0 Å². The number of fused-ring (bicyclic) bond motifs is 1. The van der Waals surface area contributed by atoms with Gasteiger partial charge >= 0.3 is 0 Å². The molecule has 0 aliphatic carbocycles. The first-order valence-corrected chi connectivity index (χ1v) is 9.90. The number of furan rings is 1. The smallest absolute Gasteiger partial charge is 0.231 e. The van der Waals surface area contributed by atoms with E-state index in [-0.39, 0.29) is 11.8 Å². The van der Waals surface area contributed by atoms with Crippen LogP contribution in [0.25, 0.3) is 11.1 Å². The van der Waals surface area contributed by atoms with Crippen LogP contribution in [-0.4, -0.2) is 36.1 Å². The number of benzene rings is 1. The highest BCUT2D eigenvalue weighted by atomic mass is 16.5. The maximum atomic E-state index is 12.9. The van der Waals surface area contributed by atoms with Crippen molar-refractivity contribution in [2.75, 3.05) is 30.4 Å². The van der Waals surface area contributed by atoms with Crippen molar-refractivity contribution in [1.29, 1.82) is 0 Å². The summed E-state index contributed by atoms with van der Waals surface area (Å²) in [6.45, 7) is 7.31. The van der Waals surface area contributed by atoms with E-state index >= 15 is 0 Å². The molecule has 1 saturated heterocycles. The van der Waals surface area contributed by atoms with E-state index < -0.39 is 0 Å². The number of anilines is 2. The van der Waals surface area contributed by atoms with Gasteiger partial charge in [-0.3, -0.25) is 4.79 Å². The Morgan fingerprint density at radius 1 is 1.28 bits per heavy atom. The van der Waals surface area contributed by atoms with Crippen LogP contribution in [0.15, 0.2) is 28.7 Å². The topological polar surface area (TPSA) is 80.5 Å². The van der Waals surface area contributed by atoms with Gasteiger partial charge in [0.1, 0.15) is 23.2 Å². The lowest BCUT2D eigenvalue weighted by molar-refractivity contribution is -0.120. The van der Waals surface area contributed by atoms with Gasteiger partial charge in [0.25, 0.3) is 0 Å². The zero-order valence-corrected chi connectivity index (χ0v) is 17.3. The van der Waals surface area contributed by atoms with E-state index in [1.807, 2.05) is 45.0 Å². The Bertz CT molecular complexity index is 1060. The van der Waals surface area contributed by atoms with Crippen LogP contribution in [0.5, 0.6) is 5.75 Å². The molecule has 7 nitrogen and oxygen atoms in total. The molecule has 1 aromatic carbocycles. The molecule has 0 spiro atoms. The molecule has 0 radical (unpaired) electrons. The molecular formula is C22H26N4O3. The highest BCUT2D eigenvalue weighted by Gasteiger charge is 2.29. The van der Waals surface area contributed by atoms with E-state index in [9.17, 15) is 4.79 Å². The number of rotatable bonds is 4. The fourth-order valence-corrected chi connectivity index (χ4v) is 3.89. The molecule has 152 valence electrons.